The SMILES string of the molecule is COc1ccc(S(=O)(=O)N2CCCC2C(=O)Nc2ccc3sccc3c2)cc1. The molecule has 0 spiro atoms. The molecule has 4 rings (SSSR count). The molecule has 6 nitrogen and oxygen atoms in total. The van der Waals surface area contributed by atoms with E-state index >= 15 is 0 Å². The van der Waals surface area contributed by atoms with Crippen LogP contribution in [0.4, 0.5) is 5.69 Å². The van der Waals surface area contributed by atoms with Crippen molar-refractivity contribution in [2.75, 3.05) is 19.0 Å². The molecule has 1 saturated heterocycles. The first-order valence-corrected chi connectivity index (χ1v) is 11.2. The summed E-state index contributed by atoms with van der Waals surface area (Å²) in [6.45, 7) is 0.329. The molecule has 3 aromatic rings. The molecule has 1 aromatic heterocycles. The average Bonchev–Trinajstić information content (AvgIpc) is 3.37. The van der Waals surface area contributed by atoms with E-state index in [0.29, 0.717) is 30.8 Å². The number of fused-ring (bicyclic) bond motifs is 1. The summed E-state index contributed by atoms with van der Waals surface area (Å²) in [4.78, 5) is 13.0. The van der Waals surface area contributed by atoms with Gasteiger partial charge in [0.05, 0.1) is 12.0 Å². The number of carbonyl (C=O) groups excluding carboxylic acids is 1. The van der Waals surface area contributed by atoms with Crippen LogP contribution in [0.1, 0.15) is 12.8 Å². The lowest BCUT2D eigenvalue weighted by Gasteiger charge is -2.23. The second-order valence-electron chi connectivity index (χ2n) is 6.61. The molecule has 28 heavy (non-hydrogen) atoms. The third kappa shape index (κ3) is 3.50. The first-order valence-electron chi connectivity index (χ1n) is 8.93. The summed E-state index contributed by atoms with van der Waals surface area (Å²) in [5, 5.41) is 5.93. The first kappa shape index (κ1) is 18.9. The van der Waals surface area contributed by atoms with Gasteiger partial charge in [0.1, 0.15) is 11.8 Å². The Balaban J connectivity index is 1.55. The number of sulfonamides is 1. The van der Waals surface area contributed by atoms with E-state index in [9.17, 15) is 13.2 Å². The van der Waals surface area contributed by atoms with Crippen molar-refractivity contribution in [2.24, 2.45) is 0 Å². The van der Waals surface area contributed by atoms with E-state index in [-0.39, 0.29) is 10.8 Å². The maximum absolute atomic E-state index is 13.0. The first-order chi connectivity index (χ1) is 13.5. The van der Waals surface area contributed by atoms with Crippen molar-refractivity contribution in [3.63, 3.8) is 0 Å². The second kappa shape index (κ2) is 7.54. The van der Waals surface area contributed by atoms with Gasteiger partial charge in [0.2, 0.25) is 15.9 Å². The van der Waals surface area contributed by atoms with Crippen molar-refractivity contribution in [2.45, 2.75) is 23.8 Å². The van der Waals surface area contributed by atoms with Crippen molar-refractivity contribution in [3.05, 3.63) is 53.9 Å². The van der Waals surface area contributed by atoms with Crippen LogP contribution >= 0.6 is 11.3 Å². The largest absolute Gasteiger partial charge is 0.497 e. The van der Waals surface area contributed by atoms with E-state index in [1.807, 2.05) is 29.6 Å². The number of benzene rings is 2. The summed E-state index contributed by atoms with van der Waals surface area (Å²) < 4.78 is 33.6. The topological polar surface area (TPSA) is 75.7 Å². The van der Waals surface area contributed by atoms with Gasteiger partial charge >= 0.3 is 0 Å². The standard InChI is InChI=1S/C20H20N2O4S2/c1-26-16-5-7-17(8-6-16)28(24,25)22-11-2-3-18(22)20(23)21-15-4-9-19-14(13-15)10-12-27-19/h4-10,12-13,18H,2-3,11H2,1H3,(H,21,23). The Morgan fingerprint density at radius 1 is 1.18 bits per heavy atom. The molecular formula is C20H20N2O4S2. The van der Waals surface area contributed by atoms with Gasteiger partial charge < -0.3 is 10.1 Å². The lowest BCUT2D eigenvalue weighted by molar-refractivity contribution is -0.119. The molecule has 1 atom stereocenters. The Kier molecular flexibility index (Phi) is 5.09. The van der Waals surface area contributed by atoms with E-state index in [2.05, 4.69) is 5.32 Å². The minimum atomic E-state index is -3.76. The fraction of sp³-hybridized carbons (Fsp3) is 0.250. The van der Waals surface area contributed by atoms with Crippen LogP contribution < -0.4 is 10.1 Å². The highest BCUT2D eigenvalue weighted by molar-refractivity contribution is 7.89. The molecule has 1 unspecified atom stereocenters. The molecule has 2 aromatic carbocycles. The number of hydrogen-bond acceptors (Lipinski definition) is 5. The van der Waals surface area contributed by atoms with Gasteiger partial charge in [0.25, 0.3) is 0 Å². The van der Waals surface area contributed by atoms with Crippen molar-refractivity contribution in [3.8, 4) is 5.75 Å². The fourth-order valence-electron chi connectivity index (χ4n) is 3.44. The molecular weight excluding hydrogens is 396 g/mol. The number of ether oxygens (including phenoxy) is 1. The van der Waals surface area contributed by atoms with Gasteiger partial charge in [-0.2, -0.15) is 4.31 Å². The fourth-order valence-corrected chi connectivity index (χ4v) is 5.87. The van der Waals surface area contributed by atoms with E-state index in [0.717, 1.165) is 10.1 Å². The van der Waals surface area contributed by atoms with Crippen LogP contribution in [0, 0.1) is 0 Å². The quantitative estimate of drug-likeness (QED) is 0.688. The number of nitrogens with zero attached hydrogens (tertiary/aromatic N) is 1. The summed E-state index contributed by atoms with van der Waals surface area (Å²) in [5.74, 6) is 0.280. The highest BCUT2D eigenvalue weighted by atomic mass is 32.2. The Morgan fingerprint density at radius 3 is 2.71 bits per heavy atom. The van der Waals surface area contributed by atoms with Gasteiger partial charge in [-0.3, -0.25) is 4.79 Å². The summed E-state index contributed by atoms with van der Waals surface area (Å²) in [6, 6.07) is 13.2. The van der Waals surface area contributed by atoms with Crippen molar-refractivity contribution < 1.29 is 17.9 Å². The zero-order valence-corrected chi connectivity index (χ0v) is 16.9. The number of thiophene rings is 1. The lowest BCUT2D eigenvalue weighted by Crippen LogP contribution is -2.43. The Morgan fingerprint density at radius 2 is 1.96 bits per heavy atom. The lowest BCUT2D eigenvalue weighted by atomic mass is 10.2. The molecule has 0 radical (unpaired) electrons. The van der Waals surface area contributed by atoms with Crippen LogP contribution in [0.3, 0.4) is 0 Å². The van der Waals surface area contributed by atoms with Crippen LogP contribution in [0.25, 0.3) is 10.1 Å². The smallest absolute Gasteiger partial charge is 0.243 e. The molecule has 2 heterocycles. The molecule has 8 heteroatoms. The average molecular weight is 417 g/mol. The van der Waals surface area contributed by atoms with Crippen molar-refractivity contribution >= 4 is 43.0 Å². The van der Waals surface area contributed by atoms with E-state index in [4.69, 9.17) is 4.74 Å². The zero-order valence-electron chi connectivity index (χ0n) is 15.3. The number of hydrogen-bond donors (Lipinski definition) is 1. The Bertz CT molecular complexity index is 1110. The summed E-state index contributed by atoms with van der Waals surface area (Å²) >= 11 is 1.63. The predicted octanol–water partition coefficient (Wildman–Crippen LogP) is 3.70. The van der Waals surface area contributed by atoms with Gasteiger partial charge in [-0.1, -0.05) is 0 Å². The number of amides is 1. The molecule has 0 aliphatic carbocycles. The third-order valence-corrected chi connectivity index (χ3v) is 7.71. The highest BCUT2D eigenvalue weighted by Gasteiger charge is 2.39. The number of carbonyl (C=O) groups is 1. The van der Waals surface area contributed by atoms with Crippen LogP contribution in [0.5, 0.6) is 5.75 Å². The van der Waals surface area contributed by atoms with E-state index in [1.165, 1.54) is 23.5 Å². The van der Waals surface area contributed by atoms with Gasteiger partial charge in [0.15, 0.2) is 0 Å². The Labute approximate surface area is 167 Å². The van der Waals surface area contributed by atoms with Gasteiger partial charge in [0, 0.05) is 16.9 Å². The maximum Gasteiger partial charge on any atom is 0.243 e. The number of anilines is 1. The van der Waals surface area contributed by atoms with E-state index in [1.54, 1.807) is 23.5 Å². The van der Waals surface area contributed by atoms with Crippen LogP contribution in [-0.2, 0) is 14.8 Å². The molecule has 0 saturated carbocycles. The highest BCUT2D eigenvalue weighted by Crippen LogP contribution is 2.29. The molecule has 1 amide bonds. The molecule has 1 N–H and O–H groups in total. The van der Waals surface area contributed by atoms with Crippen molar-refractivity contribution in [1.82, 2.24) is 4.31 Å². The number of rotatable bonds is 5. The summed E-state index contributed by atoms with van der Waals surface area (Å²) in [6.07, 6.45) is 1.15. The third-order valence-electron chi connectivity index (χ3n) is 4.89. The monoisotopic (exact) mass is 416 g/mol. The summed E-state index contributed by atoms with van der Waals surface area (Å²) in [5.41, 5.74) is 0.671. The van der Waals surface area contributed by atoms with Gasteiger partial charge in [-0.05, 0) is 72.1 Å². The molecule has 146 valence electrons. The normalized spacial score (nSPS) is 17.7. The zero-order chi connectivity index (χ0) is 19.7. The maximum atomic E-state index is 13.0. The number of methoxy groups -OCH3 is 1. The minimum Gasteiger partial charge on any atom is -0.497 e. The predicted molar refractivity (Wildman–Crippen MR) is 110 cm³/mol. The molecule has 1 aliphatic rings. The van der Waals surface area contributed by atoms with Gasteiger partial charge in [-0.25, -0.2) is 8.42 Å². The minimum absolute atomic E-state index is 0.160. The van der Waals surface area contributed by atoms with Crippen molar-refractivity contribution in [1.29, 1.82) is 0 Å². The Hall–Kier alpha value is -2.42. The van der Waals surface area contributed by atoms with Crippen LogP contribution in [0.2, 0.25) is 0 Å². The van der Waals surface area contributed by atoms with Crippen LogP contribution in [-0.4, -0.2) is 38.3 Å². The number of nitrogens with one attached hydrogen (secondary N) is 1. The van der Waals surface area contributed by atoms with E-state index < -0.39 is 16.1 Å². The molecule has 1 aliphatic heterocycles. The molecule has 1 fully saturated rings. The summed E-state index contributed by atoms with van der Waals surface area (Å²) in [7, 11) is -2.23. The van der Waals surface area contributed by atoms with Gasteiger partial charge in [-0.15, -0.1) is 11.3 Å². The second-order valence-corrected chi connectivity index (χ2v) is 9.45. The molecule has 0 bridgehead atoms. The van der Waals surface area contributed by atoms with Crippen LogP contribution in [0.15, 0.2) is 58.8 Å².